The van der Waals surface area contributed by atoms with Crippen molar-refractivity contribution in [1.29, 1.82) is 0 Å². The largest absolute Gasteiger partial charge is 0.381 e. The van der Waals surface area contributed by atoms with Crippen molar-refractivity contribution in [1.82, 2.24) is 9.97 Å². The summed E-state index contributed by atoms with van der Waals surface area (Å²) in [6, 6.07) is 0.391. The lowest BCUT2D eigenvalue weighted by Crippen LogP contribution is -2.37. The number of anilines is 2. The summed E-state index contributed by atoms with van der Waals surface area (Å²) in [5.41, 5.74) is 2.42. The number of nitrogens with two attached hydrogens (primary N) is 1. The molecule has 1 aromatic heterocycles. The van der Waals surface area contributed by atoms with Gasteiger partial charge in [0.25, 0.3) is 0 Å². The summed E-state index contributed by atoms with van der Waals surface area (Å²) in [6.45, 7) is 1.55. The van der Waals surface area contributed by atoms with Crippen molar-refractivity contribution in [3.8, 4) is 0 Å². The minimum Gasteiger partial charge on any atom is -0.381 e. The molecule has 2 rings (SSSR count). The number of nitrogen functional groups attached to an aromatic ring is 1. The third-order valence-corrected chi connectivity index (χ3v) is 3.19. The Labute approximate surface area is 105 Å². The maximum atomic E-state index is 6.10. The second kappa shape index (κ2) is 5.48. The molecule has 2 heterocycles. The van der Waals surface area contributed by atoms with Crippen LogP contribution in [0.4, 0.5) is 11.8 Å². The average Bonchev–Trinajstić information content (AvgIpc) is 2.39. The molecule has 0 radical (unpaired) electrons. The molecule has 0 amide bonds. The summed E-state index contributed by atoms with van der Waals surface area (Å²) in [6.07, 6.45) is 3.50. The fraction of sp³-hybridized carbons (Fsp3) is 0.600. The van der Waals surface area contributed by atoms with Crippen molar-refractivity contribution in [2.24, 2.45) is 5.84 Å². The lowest BCUT2D eigenvalue weighted by atomic mass is 10.1. The van der Waals surface area contributed by atoms with Gasteiger partial charge in [0.05, 0.1) is 6.20 Å². The van der Waals surface area contributed by atoms with Gasteiger partial charge in [-0.25, -0.2) is 10.8 Å². The second-order valence-electron chi connectivity index (χ2n) is 3.96. The van der Waals surface area contributed by atoms with E-state index in [9.17, 15) is 0 Å². The molecule has 6 nitrogen and oxygen atoms in total. The second-order valence-corrected chi connectivity index (χ2v) is 4.37. The molecule has 3 N–H and O–H groups in total. The van der Waals surface area contributed by atoms with Crippen molar-refractivity contribution in [3.05, 3.63) is 11.2 Å². The molecule has 1 aliphatic rings. The number of rotatable bonds is 3. The Hall–Kier alpha value is -1.11. The molecule has 7 heteroatoms. The number of halogens is 1. The van der Waals surface area contributed by atoms with E-state index in [2.05, 4.69) is 20.3 Å². The van der Waals surface area contributed by atoms with Gasteiger partial charge in [-0.15, -0.1) is 0 Å². The molecule has 0 aromatic carbocycles. The first-order valence-corrected chi connectivity index (χ1v) is 5.90. The minimum absolute atomic E-state index is 0.364. The van der Waals surface area contributed by atoms with E-state index in [1.165, 1.54) is 0 Å². The van der Waals surface area contributed by atoms with Gasteiger partial charge < -0.3 is 9.64 Å². The zero-order valence-corrected chi connectivity index (χ0v) is 10.4. The molecule has 94 valence electrons. The molecule has 0 bridgehead atoms. The zero-order valence-electron chi connectivity index (χ0n) is 9.69. The normalized spacial score (nSPS) is 16.9. The number of nitrogens with one attached hydrogen (secondary N) is 1. The molecule has 1 aliphatic heterocycles. The lowest BCUT2D eigenvalue weighted by Gasteiger charge is -2.32. The number of hydrogen-bond donors (Lipinski definition) is 2. The van der Waals surface area contributed by atoms with Crippen molar-refractivity contribution in [3.63, 3.8) is 0 Å². The molecule has 0 unspecified atom stereocenters. The highest BCUT2D eigenvalue weighted by molar-refractivity contribution is 6.32. The molecule has 0 atom stereocenters. The summed E-state index contributed by atoms with van der Waals surface area (Å²) in [5, 5.41) is 0.526. The summed E-state index contributed by atoms with van der Waals surface area (Å²) in [4.78, 5) is 10.3. The molecule has 1 aromatic rings. The predicted octanol–water partition coefficient (Wildman–Crippen LogP) is 1.03. The first-order valence-electron chi connectivity index (χ1n) is 5.52. The van der Waals surface area contributed by atoms with Crippen LogP contribution in [0.2, 0.25) is 5.02 Å². The minimum atomic E-state index is 0.364. The first kappa shape index (κ1) is 12.3. The Morgan fingerprint density at radius 1 is 1.53 bits per heavy atom. The van der Waals surface area contributed by atoms with E-state index >= 15 is 0 Å². The number of hydrogen-bond acceptors (Lipinski definition) is 6. The van der Waals surface area contributed by atoms with E-state index in [1.54, 1.807) is 6.20 Å². The third kappa shape index (κ3) is 2.77. The Kier molecular flexibility index (Phi) is 3.98. The Morgan fingerprint density at radius 3 is 2.88 bits per heavy atom. The van der Waals surface area contributed by atoms with Gasteiger partial charge in [0.15, 0.2) is 5.82 Å². The summed E-state index contributed by atoms with van der Waals surface area (Å²) < 4.78 is 5.34. The maximum absolute atomic E-state index is 6.10. The monoisotopic (exact) mass is 257 g/mol. The zero-order chi connectivity index (χ0) is 12.3. The van der Waals surface area contributed by atoms with Gasteiger partial charge in [-0.05, 0) is 12.8 Å². The molecule has 0 saturated carbocycles. The van der Waals surface area contributed by atoms with Crippen LogP contribution >= 0.6 is 11.6 Å². The quantitative estimate of drug-likeness (QED) is 0.622. The maximum Gasteiger partial charge on any atom is 0.239 e. The molecule has 0 spiro atoms. The first-order chi connectivity index (χ1) is 8.22. The van der Waals surface area contributed by atoms with Crippen molar-refractivity contribution in [2.75, 3.05) is 30.6 Å². The summed E-state index contributed by atoms with van der Waals surface area (Å²) >= 11 is 6.10. The van der Waals surface area contributed by atoms with Gasteiger partial charge in [-0.1, -0.05) is 11.6 Å². The van der Waals surface area contributed by atoms with E-state index in [0.29, 0.717) is 22.8 Å². The van der Waals surface area contributed by atoms with Crippen molar-refractivity contribution >= 4 is 23.4 Å². The van der Waals surface area contributed by atoms with Crippen LogP contribution in [0.1, 0.15) is 12.8 Å². The van der Waals surface area contributed by atoms with Crippen molar-refractivity contribution in [2.45, 2.75) is 18.9 Å². The van der Waals surface area contributed by atoms with E-state index in [4.69, 9.17) is 22.2 Å². The van der Waals surface area contributed by atoms with Crippen LogP contribution in [-0.4, -0.2) is 36.3 Å². The number of hydrazine groups is 1. The van der Waals surface area contributed by atoms with E-state index in [-0.39, 0.29) is 0 Å². The molecule has 0 aliphatic carbocycles. The van der Waals surface area contributed by atoms with Gasteiger partial charge in [0.1, 0.15) is 5.02 Å². The van der Waals surface area contributed by atoms with Gasteiger partial charge >= 0.3 is 0 Å². The van der Waals surface area contributed by atoms with Gasteiger partial charge in [0.2, 0.25) is 5.95 Å². The average molecular weight is 258 g/mol. The van der Waals surface area contributed by atoms with Gasteiger partial charge in [0, 0.05) is 26.3 Å². The number of aromatic nitrogens is 2. The highest BCUT2D eigenvalue weighted by Gasteiger charge is 2.21. The van der Waals surface area contributed by atoms with Crippen LogP contribution in [0.5, 0.6) is 0 Å². The van der Waals surface area contributed by atoms with Crippen LogP contribution in [0, 0.1) is 0 Å². The SMILES string of the molecule is CN(c1nc(NN)ncc1Cl)C1CCOCC1. The van der Waals surface area contributed by atoms with Crippen LogP contribution in [0.3, 0.4) is 0 Å². The lowest BCUT2D eigenvalue weighted by molar-refractivity contribution is 0.0853. The van der Waals surface area contributed by atoms with Gasteiger partial charge in [-0.3, -0.25) is 5.43 Å². The van der Waals surface area contributed by atoms with E-state index < -0.39 is 0 Å². The summed E-state index contributed by atoms with van der Waals surface area (Å²) in [5.74, 6) is 6.35. The third-order valence-electron chi connectivity index (χ3n) is 2.93. The van der Waals surface area contributed by atoms with E-state index in [0.717, 1.165) is 26.1 Å². The number of nitrogens with zero attached hydrogens (tertiary/aromatic N) is 3. The molecule has 1 saturated heterocycles. The Bertz CT molecular complexity index is 383. The van der Waals surface area contributed by atoms with Crippen LogP contribution in [0.25, 0.3) is 0 Å². The van der Waals surface area contributed by atoms with Crippen LogP contribution in [-0.2, 0) is 4.74 Å². The highest BCUT2D eigenvalue weighted by Crippen LogP contribution is 2.26. The standard InChI is InChI=1S/C10H16ClN5O/c1-16(7-2-4-17-5-3-7)9-8(11)6-13-10(14-9)15-12/h6-7H,2-5,12H2,1H3,(H,13,14,15). The molecular formula is C10H16ClN5O. The summed E-state index contributed by atoms with van der Waals surface area (Å²) in [7, 11) is 1.98. The highest BCUT2D eigenvalue weighted by atomic mass is 35.5. The van der Waals surface area contributed by atoms with E-state index in [1.807, 2.05) is 7.05 Å². The fourth-order valence-electron chi connectivity index (χ4n) is 1.92. The molecule has 1 fully saturated rings. The van der Waals surface area contributed by atoms with Crippen molar-refractivity contribution < 1.29 is 4.74 Å². The van der Waals surface area contributed by atoms with Crippen LogP contribution < -0.4 is 16.2 Å². The predicted molar refractivity (Wildman–Crippen MR) is 67.1 cm³/mol. The molecular weight excluding hydrogens is 242 g/mol. The fourth-order valence-corrected chi connectivity index (χ4v) is 2.14. The Balaban J connectivity index is 2.19. The Morgan fingerprint density at radius 2 is 2.24 bits per heavy atom. The number of ether oxygens (including phenoxy) is 1. The molecule has 17 heavy (non-hydrogen) atoms. The van der Waals surface area contributed by atoms with Gasteiger partial charge in [-0.2, -0.15) is 4.98 Å². The topological polar surface area (TPSA) is 76.3 Å². The smallest absolute Gasteiger partial charge is 0.239 e. The van der Waals surface area contributed by atoms with Crippen LogP contribution in [0.15, 0.2) is 6.20 Å².